The lowest BCUT2D eigenvalue weighted by Gasteiger charge is -2.22. The number of anilines is 2. The zero-order valence-electron chi connectivity index (χ0n) is 27.3. The van der Waals surface area contributed by atoms with Gasteiger partial charge in [-0.3, -0.25) is 19.9 Å². The number of halogens is 6. The first-order valence-corrected chi connectivity index (χ1v) is 15.4. The molecule has 270 valence electrons. The number of nitrogens with one attached hydrogen (secondary N) is 2. The molecule has 0 bridgehead atoms. The highest BCUT2D eigenvalue weighted by molar-refractivity contribution is 6.12. The van der Waals surface area contributed by atoms with Crippen molar-refractivity contribution in [2.75, 3.05) is 23.8 Å². The molecule has 1 saturated heterocycles. The lowest BCUT2D eigenvalue weighted by Crippen LogP contribution is -2.28. The number of rotatable bonds is 11. The summed E-state index contributed by atoms with van der Waals surface area (Å²) in [5, 5.41) is 4.27. The number of aromatic nitrogens is 1. The lowest BCUT2D eigenvalue weighted by atomic mass is 10.00. The summed E-state index contributed by atoms with van der Waals surface area (Å²) in [5.41, 5.74) is -1.92. The highest BCUT2D eigenvalue weighted by Crippen LogP contribution is 2.42. The third kappa shape index (κ3) is 11.7. The first-order valence-electron chi connectivity index (χ1n) is 15.4. The van der Waals surface area contributed by atoms with Crippen molar-refractivity contribution in [3.05, 3.63) is 71.5 Å². The lowest BCUT2D eigenvalue weighted by molar-refractivity contribution is -0.169. The van der Waals surface area contributed by atoms with Crippen LogP contribution in [0.1, 0.15) is 68.1 Å². The number of benzene rings is 2. The Morgan fingerprint density at radius 1 is 0.920 bits per heavy atom. The topological polar surface area (TPSA) is 125 Å². The van der Waals surface area contributed by atoms with E-state index in [9.17, 15) is 40.7 Å². The van der Waals surface area contributed by atoms with Gasteiger partial charge in [0.15, 0.2) is 18.7 Å². The number of hydrogen-bond donors (Lipinski definition) is 2. The fourth-order valence-corrected chi connectivity index (χ4v) is 4.77. The summed E-state index contributed by atoms with van der Waals surface area (Å²) >= 11 is 0. The molecule has 4 rings (SSSR count). The van der Waals surface area contributed by atoms with Crippen LogP contribution in [0.3, 0.4) is 0 Å². The number of carbonyl (C=O) groups is 3. The number of hydrogen-bond acceptors (Lipinski definition) is 8. The van der Waals surface area contributed by atoms with E-state index in [1.807, 2.05) is 0 Å². The molecule has 1 aliphatic rings. The van der Waals surface area contributed by atoms with E-state index < -0.39 is 71.5 Å². The van der Waals surface area contributed by atoms with E-state index in [1.165, 1.54) is 32.9 Å². The second-order valence-corrected chi connectivity index (χ2v) is 12.3. The smallest absolute Gasteiger partial charge is 0.422 e. The van der Waals surface area contributed by atoms with Crippen molar-refractivity contribution in [3.8, 4) is 16.9 Å². The van der Waals surface area contributed by atoms with Crippen LogP contribution in [0.15, 0.2) is 54.7 Å². The van der Waals surface area contributed by atoms with Crippen LogP contribution in [-0.4, -0.2) is 54.0 Å². The van der Waals surface area contributed by atoms with Gasteiger partial charge in [0.25, 0.3) is 0 Å². The molecule has 10 nitrogen and oxygen atoms in total. The maximum atomic E-state index is 13.9. The SMILES string of the molecule is CC(C)(C)OC(=O)Nc1cc(OCC(F)(F)F)c(C(F)(F)F)cc1NC(=O)CC(=O)c1cccc(-c2ccnc(COC3CCCCO3)c2)c1. The fraction of sp³-hybridized carbons (Fsp3) is 0.412. The third-order valence-electron chi connectivity index (χ3n) is 6.94. The number of ketones is 1. The summed E-state index contributed by atoms with van der Waals surface area (Å²) in [4.78, 5) is 42.9. The third-order valence-corrected chi connectivity index (χ3v) is 6.94. The van der Waals surface area contributed by atoms with Gasteiger partial charge in [0.1, 0.15) is 11.4 Å². The van der Waals surface area contributed by atoms with Gasteiger partial charge in [-0.05, 0) is 75.4 Å². The zero-order valence-corrected chi connectivity index (χ0v) is 27.3. The number of pyridine rings is 1. The average Bonchev–Trinajstić information content (AvgIpc) is 3.02. The molecule has 0 spiro atoms. The largest absolute Gasteiger partial charge is 0.483 e. The van der Waals surface area contributed by atoms with Crippen LogP contribution < -0.4 is 15.4 Å². The van der Waals surface area contributed by atoms with Gasteiger partial charge in [0.2, 0.25) is 5.91 Å². The molecule has 3 aromatic rings. The quantitative estimate of drug-likeness (QED) is 0.116. The number of carbonyl (C=O) groups excluding carboxylic acids is 3. The Balaban J connectivity index is 1.53. The predicted octanol–water partition coefficient (Wildman–Crippen LogP) is 8.31. The fourth-order valence-electron chi connectivity index (χ4n) is 4.77. The van der Waals surface area contributed by atoms with Gasteiger partial charge in [-0.15, -0.1) is 0 Å². The molecule has 1 unspecified atom stereocenters. The predicted molar refractivity (Wildman–Crippen MR) is 168 cm³/mol. The van der Waals surface area contributed by atoms with Crippen LogP contribution in [-0.2, 0) is 31.8 Å². The van der Waals surface area contributed by atoms with Crippen molar-refractivity contribution in [3.63, 3.8) is 0 Å². The van der Waals surface area contributed by atoms with Gasteiger partial charge >= 0.3 is 18.4 Å². The van der Waals surface area contributed by atoms with Crippen LogP contribution in [0.4, 0.5) is 42.5 Å². The van der Waals surface area contributed by atoms with E-state index in [0.29, 0.717) is 35.6 Å². The van der Waals surface area contributed by atoms with Crippen LogP contribution in [0.25, 0.3) is 11.1 Å². The molecule has 0 aliphatic carbocycles. The minimum atomic E-state index is -5.23. The van der Waals surface area contributed by atoms with Crippen LogP contribution in [0.5, 0.6) is 5.75 Å². The highest BCUT2D eigenvalue weighted by Gasteiger charge is 2.38. The Labute approximate surface area is 283 Å². The van der Waals surface area contributed by atoms with Gasteiger partial charge in [-0.25, -0.2) is 4.79 Å². The van der Waals surface area contributed by atoms with Crippen LogP contribution in [0, 0.1) is 0 Å². The summed E-state index contributed by atoms with van der Waals surface area (Å²) in [7, 11) is 0. The van der Waals surface area contributed by atoms with Crippen molar-refractivity contribution in [1.82, 2.24) is 4.98 Å². The minimum Gasteiger partial charge on any atom is -0.483 e. The van der Waals surface area contributed by atoms with Crippen molar-refractivity contribution in [2.45, 2.75) is 77.3 Å². The molecule has 2 heterocycles. The Morgan fingerprint density at radius 2 is 1.64 bits per heavy atom. The summed E-state index contributed by atoms with van der Waals surface area (Å²) in [6, 6.07) is 10.6. The zero-order chi connectivity index (χ0) is 36.7. The number of ether oxygens (including phenoxy) is 4. The molecule has 0 radical (unpaired) electrons. The maximum Gasteiger partial charge on any atom is 0.422 e. The molecule has 2 amide bonds. The number of nitrogens with zero attached hydrogens (tertiary/aromatic N) is 1. The van der Waals surface area contributed by atoms with E-state index in [2.05, 4.69) is 20.4 Å². The van der Waals surface area contributed by atoms with E-state index in [-0.39, 0.29) is 18.5 Å². The van der Waals surface area contributed by atoms with Crippen molar-refractivity contribution in [2.24, 2.45) is 0 Å². The maximum absolute atomic E-state index is 13.9. The second-order valence-electron chi connectivity index (χ2n) is 12.3. The summed E-state index contributed by atoms with van der Waals surface area (Å²) in [6.45, 7) is 3.25. The van der Waals surface area contributed by atoms with Gasteiger partial charge in [0.05, 0.1) is 35.7 Å². The molecule has 0 saturated carbocycles. The van der Waals surface area contributed by atoms with Crippen LogP contribution in [0.2, 0.25) is 0 Å². The molecule has 16 heteroatoms. The average molecular weight is 712 g/mol. The molecule has 1 aromatic heterocycles. The van der Waals surface area contributed by atoms with Crippen LogP contribution >= 0.6 is 0 Å². The molecule has 50 heavy (non-hydrogen) atoms. The number of amides is 2. The van der Waals surface area contributed by atoms with Gasteiger partial charge in [0, 0.05) is 24.4 Å². The molecule has 1 fully saturated rings. The standard InChI is InChI=1S/C34H35F6N3O7/c1-32(2,3)50-31(46)43-26-16-28(49-19-33(35,36)37)24(34(38,39)40)15-25(26)42-29(45)17-27(44)22-8-6-7-20(13-22)21-10-11-41-23(14-21)18-48-30-9-4-5-12-47-30/h6-8,10-11,13-16,30H,4-5,9,12,17-19H2,1-3H3,(H,42,45)(H,43,46). The summed E-state index contributed by atoms with van der Waals surface area (Å²) in [6.07, 6.45) is -8.20. The summed E-state index contributed by atoms with van der Waals surface area (Å²) < 4.78 is 101. The summed E-state index contributed by atoms with van der Waals surface area (Å²) in [5.74, 6) is -3.03. The number of Topliss-reactive ketones (excluding diaryl/α,β-unsaturated/α-hetero) is 1. The normalized spacial score (nSPS) is 15.3. The van der Waals surface area contributed by atoms with E-state index in [4.69, 9.17) is 14.2 Å². The monoisotopic (exact) mass is 711 g/mol. The first kappa shape index (κ1) is 38.1. The van der Waals surface area contributed by atoms with Gasteiger partial charge in [-0.2, -0.15) is 26.3 Å². The van der Waals surface area contributed by atoms with Gasteiger partial charge < -0.3 is 24.3 Å². The minimum absolute atomic E-state index is 0.113. The molecule has 1 aliphatic heterocycles. The van der Waals surface area contributed by atoms with E-state index >= 15 is 0 Å². The number of alkyl halides is 6. The highest BCUT2D eigenvalue weighted by atomic mass is 19.4. The Bertz CT molecular complexity index is 1680. The molecule has 2 aromatic carbocycles. The van der Waals surface area contributed by atoms with E-state index in [0.717, 1.165) is 19.3 Å². The van der Waals surface area contributed by atoms with E-state index in [1.54, 1.807) is 30.5 Å². The Hall–Kier alpha value is -4.70. The molecule has 2 N–H and O–H groups in total. The Kier molecular flexibility index (Phi) is 12.1. The van der Waals surface area contributed by atoms with Gasteiger partial charge in [-0.1, -0.05) is 18.2 Å². The first-order chi connectivity index (χ1) is 23.4. The van der Waals surface area contributed by atoms with Crippen molar-refractivity contribution < 1.29 is 59.7 Å². The van der Waals surface area contributed by atoms with Crippen molar-refractivity contribution in [1.29, 1.82) is 0 Å². The Morgan fingerprint density at radius 3 is 2.30 bits per heavy atom. The van der Waals surface area contributed by atoms with Crippen molar-refractivity contribution >= 4 is 29.2 Å². The second kappa shape index (κ2) is 15.9. The molecule has 1 atom stereocenters. The molecular weight excluding hydrogens is 676 g/mol. The molecular formula is C34H35F6N3O7.